The van der Waals surface area contributed by atoms with Crippen LogP contribution in [0, 0.1) is 58.2 Å². The zero-order chi connectivity index (χ0) is 44.3. The molecule has 3 saturated heterocycles. The number of benzene rings is 2. The Labute approximate surface area is 391 Å². The Hall–Kier alpha value is -3.88. The molecule has 8 nitrogen and oxygen atoms in total. The number of allylic oxidation sites excluding steroid dienone is 2. The van der Waals surface area contributed by atoms with Crippen LogP contribution in [0.25, 0.3) is 0 Å². The van der Waals surface area contributed by atoms with E-state index in [0.717, 1.165) is 82.1 Å². The molecule has 5 fully saturated rings. The molecular formula is C58H71N3O5. The summed E-state index contributed by atoms with van der Waals surface area (Å²) in [6, 6.07) is 16.6. The Balaban J connectivity index is 1.06. The molecule has 15 bridgehead atoms. The number of carbonyl (C=O) groups excluding carboxylic acids is 2. The third-order valence-corrected chi connectivity index (χ3v) is 21.2. The van der Waals surface area contributed by atoms with Crippen molar-refractivity contribution in [2.45, 2.75) is 153 Å². The van der Waals surface area contributed by atoms with E-state index in [1.54, 1.807) is 11.3 Å². The van der Waals surface area contributed by atoms with E-state index in [0.29, 0.717) is 78.7 Å². The van der Waals surface area contributed by atoms with Crippen molar-refractivity contribution in [1.29, 1.82) is 0 Å². The number of hydrogen-bond acceptors (Lipinski definition) is 8. The molecule has 348 valence electrons. The van der Waals surface area contributed by atoms with E-state index < -0.39 is 16.4 Å². The van der Waals surface area contributed by atoms with Crippen molar-refractivity contribution in [2.24, 2.45) is 63.9 Å². The second kappa shape index (κ2) is 14.8. The molecule has 13 atom stereocenters. The van der Waals surface area contributed by atoms with Crippen LogP contribution >= 0.6 is 0 Å². The zero-order valence-corrected chi connectivity index (χ0v) is 39.3. The fourth-order valence-electron chi connectivity index (χ4n) is 19.3. The normalized spacial score (nSPS) is 41.9. The maximum Gasteiger partial charge on any atom is 0.339 e. The Kier molecular flexibility index (Phi) is 9.23. The van der Waals surface area contributed by atoms with Gasteiger partial charge in [-0.3, -0.25) is 9.69 Å². The number of nitrogens with two attached hydrogens (primary N) is 1. The lowest BCUT2D eigenvalue weighted by Gasteiger charge is -2.72. The standard InChI is InChI=1S/C58H71N3O5/c1-33-24-39-19-20-45-41-27-36-30-60(32-41)46(37-13-3-2-4-14-37)29-47(62)53-56-22-21-42-44-28-40(49(33)51(42)52(39)61(45)31-36)26-35-12-7-11-34(25-35)10-5-6-18-48(57(44,56)55(64)65-53)58(56)43-17-8-15-38(16-9-23-59)50(43)54(63)66-58/h7-8,11-12,15,17,25,33,36-37,40-41,45-46,48-49,51,62H,2-6,9-10,13-14,16,18-24,26-32,59H2,1H3. The highest BCUT2D eigenvalue weighted by Gasteiger charge is 2.93. The number of hydrogen-bond donors (Lipinski definition) is 2. The number of aryl methyl sites for hydroxylation is 2. The van der Waals surface area contributed by atoms with Crippen molar-refractivity contribution in [3.05, 3.63) is 104 Å². The number of piperidine rings is 2. The van der Waals surface area contributed by atoms with E-state index in [9.17, 15) is 5.11 Å². The molecule has 3 N–H and O–H groups in total. The summed E-state index contributed by atoms with van der Waals surface area (Å²) in [5, 5.41) is 13.4. The fourth-order valence-corrected chi connectivity index (χ4v) is 19.3. The van der Waals surface area contributed by atoms with Crippen molar-refractivity contribution < 1.29 is 24.2 Å². The molecular weight excluding hydrogens is 819 g/mol. The molecule has 2 saturated carbocycles. The summed E-state index contributed by atoms with van der Waals surface area (Å²) in [5.41, 5.74) is 14.6. The molecule has 9 aliphatic heterocycles. The lowest BCUT2D eigenvalue weighted by atomic mass is 9.28. The molecule has 8 heteroatoms. The molecule has 0 aromatic heterocycles. The topological polar surface area (TPSA) is 105 Å². The van der Waals surface area contributed by atoms with E-state index in [4.69, 9.17) is 15.2 Å². The summed E-state index contributed by atoms with van der Waals surface area (Å²) in [4.78, 5) is 37.1. The third kappa shape index (κ3) is 5.19. The highest BCUT2D eigenvalue weighted by atomic mass is 16.6. The molecule has 15 aliphatic rings. The second-order valence-corrected chi connectivity index (χ2v) is 24.0. The SMILES string of the molecule is CC1CC2=C3C4C5=C6CC(Cc7cccc(c7)CCCCC7C68C(=O)OC(=C(O)CC(C6CCCCC6)N6CC9CC(C6)C(CC2)N3C9)C8(CC5)C72OC(=O)c3c(CCCN)cccc32)C14. The smallest absolute Gasteiger partial charge is 0.339 e. The largest absolute Gasteiger partial charge is 0.509 e. The van der Waals surface area contributed by atoms with Gasteiger partial charge < -0.3 is 25.2 Å². The highest BCUT2D eigenvalue weighted by Crippen LogP contribution is 2.87. The van der Waals surface area contributed by atoms with Gasteiger partial charge in [0.25, 0.3) is 0 Å². The van der Waals surface area contributed by atoms with Crippen LogP contribution < -0.4 is 5.73 Å². The van der Waals surface area contributed by atoms with Gasteiger partial charge in [-0.2, -0.15) is 0 Å². The van der Waals surface area contributed by atoms with Gasteiger partial charge in [-0.25, -0.2) is 4.79 Å². The van der Waals surface area contributed by atoms with Gasteiger partial charge in [0.15, 0.2) is 11.4 Å². The maximum atomic E-state index is 16.3. The number of ether oxygens (including phenoxy) is 2. The first-order valence-electron chi connectivity index (χ1n) is 27.0. The van der Waals surface area contributed by atoms with Gasteiger partial charge in [-0.05, 0) is 155 Å². The molecule has 9 heterocycles. The molecule has 0 radical (unpaired) electrons. The first-order valence-corrected chi connectivity index (χ1v) is 27.0. The predicted octanol–water partition coefficient (Wildman–Crippen LogP) is 10.2. The minimum atomic E-state index is -1.13. The van der Waals surface area contributed by atoms with Crippen LogP contribution in [-0.2, 0) is 39.1 Å². The van der Waals surface area contributed by atoms with Crippen LogP contribution in [0.3, 0.4) is 0 Å². The van der Waals surface area contributed by atoms with Crippen LogP contribution in [0.2, 0.25) is 0 Å². The Bertz CT molecular complexity index is 2520. The Morgan fingerprint density at radius 1 is 0.833 bits per heavy atom. The van der Waals surface area contributed by atoms with Crippen molar-refractivity contribution in [2.75, 3.05) is 26.2 Å². The zero-order valence-electron chi connectivity index (χ0n) is 39.3. The van der Waals surface area contributed by atoms with E-state index in [2.05, 4.69) is 59.2 Å². The summed E-state index contributed by atoms with van der Waals surface area (Å²) in [5.74, 6) is 3.29. The van der Waals surface area contributed by atoms with Gasteiger partial charge in [0, 0.05) is 61.2 Å². The number of aliphatic hydroxyl groups is 1. The van der Waals surface area contributed by atoms with Crippen LogP contribution in [0.1, 0.15) is 149 Å². The first kappa shape index (κ1) is 41.1. The number of carbonyl (C=O) groups is 2. The van der Waals surface area contributed by atoms with Crippen LogP contribution in [0.15, 0.2) is 76.4 Å². The molecule has 3 spiro atoms. The minimum absolute atomic E-state index is 0.175. The van der Waals surface area contributed by atoms with Gasteiger partial charge in [-0.15, -0.1) is 0 Å². The minimum Gasteiger partial charge on any atom is -0.509 e. The maximum absolute atomic E-state index is 16.3. The number of aliphatic hydroxyl groups excluding tert-OH is 1. The van der Waals surface area contributed by atoms with Gasteiger partial charge in [0.1, 0.15) is 11.2 Å². The third-order valence-electron chi connectivity index (χ3n) is 21.2. The van der Waals surface area contributed by atoms with Crippen molar-refractivity contribution in [1.82, 2.24) is 9.80 Å². The van der Waals surface area contributed by atoms with Gasteiger partial charge in [0.05, 0.1) is 11.0 Å². The van der Waals surface area contributed by atoms with Gasteiger partial charge in [0.2, 0.25) is 0 Å². The van der Waals surface area contributed by atoms with Crippen LogP contribution in [-0.4, -0.2) is 65.1 Å². The van der Waals surface area contributed by atoms with Crippen LogP contribution in [0.5, 0.6) is 0 Å². The fraction of sp³-hybridized carbons (Fsp3) is 0.655. The van der Waals surface area contributed by atoms with E-state index in [1.807, 2.05) is 0 Å². The van der Waals surface area contributed by atoms with Crippen molar-refractivity contribution in [3.63, 3.8) is 0 Å². The monoisotopic (exact) mass is 890 g/mol. The summed E-state index contributed by atoms with van der Waals surface area (Å²) in [7, 11) is 0. The Morgan fingerprint density at radius 3 is 2.56 bits per heavy atom. The summed E-state index contributed by atoms with van der Waals surface area (Å²) < 4.78 is 14.4. The molecule has 2 aromatic carbocycles. The molecule has 2 aromatic rings. The summed E-state index contributed by atoms with van der Waals surface area (Å²) in [6.07, 6.45) is 20.0. The summed E-state index contributed by atoms with van der Waals surface area (Å²) >= 11 is 0. The molecule has 0 amide bonds. The molecule has 66 heavy (non-hydrogen) atoms. The Morgan fingerprint density at radius 2 is 1.68 bits per heavy atom. The first-order chi connectivity index (χ1) is 32.3. The van der Waals surface area contributed by atoms with Crippen LogP contribution in [0.4, 0.5) is 0 Å². The number of nitrogens with zero attached hydrogens (tertiary/aromatic N) is 2. The van der Waals surface area contributed by atoms with E-state index >= 15 is 9.59 Å². The molecule has 17 rings (SSSR count). The van der Waals surface area contributed by atoms with E-state index in [1.165, 1.54) is 80.1 Å². The van der Waals surface area contributed by atoms with Crippen molar-refractivity contribution in [3.8, 4) is 0 Å². The highest BCUT2D eigenvalue weighted by molar-refractivity contribution is 6.00. The number of fused-ring (bicyclic) bond motifs is 7. The summed E-state index contributed by atoms with van der Waals surface area (Å²) in [6.45, 7) is 6.40. The molecule has 13 unspecified atom stereocenters. The predicted molar refractivity (Wildman–Crippen MR) is 253 cm³/mol. The van der Waals surface area contributed by atoms with Gasteiger partial charge >= 0.3 is 11.9 Å². The quantitative estimate of drug-likeness (QED) is 0.231. The number of esters is 2. The van der Waals surface area contributed by atoms with Gasteiger partial charge in [-0.1, -0.05) is 91.8 Å². The van der Waals surface area contributed by atoms with E-state index in [-0.39, 0.29) is 35.6 Å². The number of rotatable bonds is 4. The molecule has 6 aliphatic carbocycles. The lowest BCUT2D eigenvalue weighted by Crippen LogP contribution is -2.77. The van der Waals surface area contributed by atoms with Crippen molar-refractivity contribution >= 4 is 11.9 Å². The average Bonchev–Trinajstić information content (AvgIpc) is 3.78. The second-order valence-electron chi connectivity index (χ2n) is 24.0. The average molecular weight is 890 g/mol. The lowest BCUT2D eigenvalue weighted by molar-refractivity contribution is -0.279.